The molecule has 0 bridgehead atoms. The number of carbonyl (C=O) groups excluding carboxylic acids is 3. The highest BCUT2D eigenvalue weighted by Gasteiger charge is 2.28. The van der Waals surface area contributed by atoms with E-state index < -0.39 is 42.3 Å². The predicted octanol–water partition coefficient (Wildman–Crippen LogP) is -0.986. The molecule has 148 valence electrons. The van der Waals surface area contributed by atoms with Crippen molar-refractivity contribution in [3.8, 4) is 0 Å². The average Bonchev–Trinajstić information content (AvgIpc) is 2.63. The Morgan fingerprint density at radius 1 is 1.04 bits per heavy atom. The Balaban J connectivity index is 2.92. The van der Waals surface area contributed by atoms with Crippen LogP contribution in [0.1, 0.15) is 19.4 Å². The lowest BCUT2D eigenvalue weighted by Crippen LogP contribution is -2.56. The molecule has 0 radical (unpaired) electrons. The minimum absolute atomic E-state index is 0.174. The molecule has 0 aliphatic carbocycles. The molecule has 0 aliphatic rings. The predicted molar refractivity (Wildman–Crippen MR) is 98.5 cm³/mol. The van der Waals surface area contributed by atoms with E-state index in [4.69, 9.17) is 10.8 Å². The number of rotatable bonds is 10. The van der Waals surface area contributed by atoms with Gasteiger partial charge in [-0.2, -0.15) is 0 Å². The molecule has 9 heteroatoms. The molecule has 9 nitrogen and oxygen atoms in total. The maximum Gasteiger partial charge on any atom is 0.322 e. The smallest absolute Gasteiger partial charge is 0.322 e. The highest BCUT2D eigenvalue weighted by atomic mass is 16.4. The number of nitrogens with one attached hydrogen (secondary N) is 3. The molecule has 0 saturated carbocycles. The van der Waals surface area contributed by atoms with Crippen LogP contribution in [0.15, 0.2) is 30.3 Å². The fourth-order valence-electron chi connectivity index (χ4n) is 2.37. The van der Waals surface area contributed by atoms with Crippen molar-refractivity contribution in [3.63, 3.8) is 0 Å². The largest absolute Gasteiger partial charge is 0.480 e. The fraction of sp³-hybridized carbons (Fsp3) is 0.444. The average molecular weight is 378 g/mol. The highest BCUT2D eigenvalue weighted by molar-refractivity contribution is 5.93. The second-order valence-corrected chi connectivity index (χ2v) is 6.36. The van der Waals surface area contributed by atoms with Gasteiger partial charge in [0.05, 0.1) is 6.54 Å². The Labute approximate surface area is 157 Å². The van der Waals surface area contributed by atoms with Gasteiger partial charge in [0.25, 0.3) is 0 Å². The van der Waals surface area contributed by atoms with E-state index >= 15 is 0 Å². The quantitative estimate of drug-likeness (QED) is 0.353. The summed E-state index contributed by atoms with van der Waals surface area (Å²) in [6.07, 6.45) is 0.174. The standard InChI is InChI=1S/C18H26N4O5/c1-11(2)16(22-14(23)9-19)18(27)21-13(17(26)20-10-15(24)25)8-12-6-4-3-5-7-12/h3-7,11,13,16H,8-10,19H2,1-2H3,(H,20,26)(H,21,27)(H,22,23)(H,24,25). The van der Waals surface area contributed by atoms with E-state index in [-0.39, 0.29) is 18.9 Å². The lowest BCUT2D eigenvalue weighted by molar-refractivity contribution is -0.138. The van der Waals surface area contributed by atoms with Crippen molar-refractivity contribution >= 4 is 23.7 Å². The summed E-state index contributed by atoms with van der Waals surface area (Å²) in [5.41, 5.74) is 6.07. The lowest BCUT2D eigenvalue weighted by Gasteiger charge is -2.25. The molecule has 1 rings (SSSR count). The molecule has 2 unspecified atom stereocenters. The molecular weight excluding hydrogens is 352 g/mol. The number of benzene rings is 1. The topological polar surface area (TPSA) is 151 Å². The van der Waals surface area contributed by atoms with Gasteiger partial charge in [0.2, 0.25) is 17.7 Å². The number of carboxylic acid groups (broad SMARTS) is 1. The molecule has 3 amide bonds. The van der Waals surface area contributed by atoms with Crippen LogP contribution in [-0.4, -0.2) is 54.0 Å². The van der Waals surface area contributed by atoms with Crippen LogP contribution >= 0.6 is 0 Å². The van der Waals surface area contributed by atoms with Crippen LogP contribution < -0.4 is 21.7 Å². The van der Waals surface area contributed by atoms with Crippen LogP contribution in [0.5, 0.6) is 0 Å². The van der Waals surface area contributed by atoms with Crippen LogP contribution in [0, 0.1) is 5.92 Å². The minimum atomic E-state index is -1.19. The molecule has 6 N–H and O–H groups in total. The number of hydrogen-bond acceptors (Lipinski definition) is 5. The Hall–Kier alpha value is -2.94. The Morgan fingerprint density at radius 2 is 1.67 bits per heavy atom. The van der Waals surface area contributed by atoms with Crippen molar-refractivity contribution < 1.29 is 24.3 Å². The molecule has 1 aromatic rings. The summed E-state index contributed by atoms with van der Waals surface area (Å²) >= 11 is 0. The second-order valence-electron chi connectivity index (χ2n) is 6.36. The van der Waals surface area contributed by atoms with Crippen LogP contribution in [0.4, 0.5) is 0 Å². The van der Waals surface area contributed by atoms with E-state index in [9.17, 15) is 19.2 Å². The van der Waals surface area contributed by atoms with Gasteiger partial charge in [-0.15, -0.1) is 0 Å². The Kier molecular flexibility index (Phi) is 8.94. The first-order valence-corrected chi connectivity index (χ1v) is 8.57. The summed E-state index contributed by atoms with van der Waals surface area (Å²) in [7, 11) is 0. The molecular formula is C18H26N4O5. The van der Waals surface area contributed by atoms with Crippen LogP contribution in [0.2, 0.25) is 0 Å². The molecule has 0 fully saturated rings. The zero-order chi connectivity index (χ0) is 20.4. The minimum Gasteiger partial charge on any atom is -0.480 e. The maximum atomic E-state index is 12.6. The molecule has 0 spiro atoms. The number of aliphatic carboxylic acids is 1. The monoisotopic (exact) mass is 378 g/mol. The van der Waals surface area contributed by atoms with E-state index in [0.717, 1.165) is 5.56 Å². The number of hydrogen-bond donors (Lipinski definition) is 5. The van der Waals surface area contributed by atoms with Gasteiger partial charge in [0.1, 0.15) is 18.6 Å². The van der Waals surface area contributed by atoms with Crippen LogP contribution in [0.3, 0.4) is 0 Å². The van der Waals surface area contributed by atoms with Gasteiger partial charge in [-0.05, 0) is 11.5 Å². The van der Waals surface area contributed by atoms with Crippen molar-refractivity contribution in [2.24, 2.45) is 11.7 Å². The molecule has 1 aromatic carbocycles. The van der Waals surface area contributed by atoms with E-state index in [1.54, 1.807) is 38.1 Å². The van der Waals surface area contributed by atoms with Gasteiger partial charge in [0.15, 0.2) is 0 Å². The zero-order valence-electron chi connectivity index (χ0n) is 15.4. The first kappa shape index (κ1) is 22.1. The maximum absolute atomic E-state index is 12.6. The molecule has 0 heterocycles. The highest BCUT2D eigenvalue weighted by Crippen LogP contribution is 2.06. The summed E-state index contributed by atoms with van der Waals surface area (Å²) in [5, 5.41) is 16.1. The third-order valence-electron chi connectivity index (χ3n) is 3.78. The van der Waals surface area contributed by atoms with Gasteiger partial charge in [-0.1, -0.05) is 44.2 Å². The van der Waals surface area contributed by atoms with E-state index in [2.05, 4.69) is 16.0 Å². The van der Waals surface area contributed by atoms with Crippen molar-refractivity contribution in [2.75, 3.05) is 13.1 Å². The summed E-state index contributed by atoms with van der Waals surface area (Å²) in [5.74, 6) is -3.08. The van der Waals surface area contributed by atoms with Gasteiger partial charge in [-0.25, -0.2) is 0 Å². The summed E-state index contributed by atoms with van der Waals surface area (Å²) in [4.78, 5) is 47.2. The Bertz CT molecular complexity index is 663. The SMILES string of the molecule is CC(C)C(NC(=O)CN)C(=O)NC(Cc1ccccc1)C(=O)NCC(=O)O. The first-order valence-electron chi connectivity index (χ1n) is 8.57. The first-order chi connectivity index (χ1) is 12.7. The van der Waals surface area contributed by atoms with E-state index in [1.165, 1.54) is 0 Å². The molecule has 0 saturated heterocycles. The van der Waals surface area contributed by atoms with Crippen LogP contribution in [0.25, 0.3) is 0 Å². The number of carboxylic acids is 1. The van der Waals surface area contributed by atoms with Gasteiger partial charge < -0.3 is 26.8 Å². The van der Waals surface area contributed by atoms with Gasteiger partial charge >= 0.3 is 5.97 Å². The normalized spacial score (nSPS) is 12.7. The van der Waals surface area contributed by atoms with Crippen LogP contribution in [-0.2, 0) is 25.6 Å². The van der Waals surface area contributed by atoms with Gasteiger partial charge in [-0.3, -0.25) is 19.2 Å². The van der Waals surface area contributed by atoms with Gasteiger partial charge in [0, 0.05) is 6.42 Å². The van der Waals surface area contributed by atoms with E-state index in [0.29, 0.717) is 0 Å². The molecule has 27 heavy (non-hydrogen) atoms. The van der Waals surface area contributed by atoms with Crippen molar-refractivity contribution in [1.29, 1.82) is 0 Å². The third kappa shape index (κ3) is 7.87. The molecule has 0 aliphatic heterocycles. The summed E-state index contributed by atoms with van der Waals surface area (Å²) in [6.45, 7) is 2.68. The summed E-state index contributed by atoms with van der Waals surface area (Å²) in [6, 6.07) is 7.13. The summed E-state index contributed by atoms with van der Waals surface area (Å²) < 4.78 is 0. The van der Waals surface area contributed by atoms with Crippen molar-refractivity contribution in [1.82, 2.24) is 16.0 Å². The third-order valence-corrected chi connectivity index (χ3v) is 3.78. The molecule has 0 aromatic heterocycles. The Morgan fingerprint density at radius 3 is 2.19 bits per heavy atom. The number of nitrogens with two attached hydrogens (primary N) is 1. The number of carbonyl (C=O) groups is 4. The van der Waals surface area contributed by atoms with Crippen molar-refractivity contribution in [3.05, 3.63) is 35.9 Å². The van der Waals surface area contributed by atoms with E-state index in [1.807, 2.05) is 6.07 Å². The second kappa shape index (κ2) is 10.9. The number of amides is 3. The zero-order valence-corrected chi connectivity index (χ0v) is 15.4. The van der Waals surface area contributed by atoms with Crippen molar-refractivity contribution in [2.45, 2.75) is 32.4 Å². The fourth-order valence-corrected chi connectivity index (χ4v) is 2.37. The lowest BCUT2D eigenvalue weighted by atomic mass is 10.0. The molecule has 2 atom stereocenters.